The molecule has 4 nitrogen and oxygen atoms in total. The molecule has 0 fully saturated rings. The molecule has 1 aromatic rings. The van der Waals surface area contributed by atoms with Crippen LogP contribution in [0.5, 0.6) is 0 Å². The van der Waals surface area contributed by atoms with Gasteiger partial charge in [0.15, 0.2) is 0 Å². The molecular formula is C6H4BrN2O2-. The molecule has 1 rings (SSSR count). The van der Waals surface area contributed by atoms with Crippen LogP contribution in [0.15, 0.2) is 16.7 Å². The van der Waals surface area contributed by atoms with Gasteiger partial charge in [-0.25, -0.2) is 4.98 Å². The largest absolute Gasteiger partial charge is 0.545 e. The minimum atomic E-state index is -1.27. The predicted molar refractivity (Wildman–Crippen MR) is 40.7 cm³/mol. The molecule has 2 N–H and O–H groups in total. The second kappa shape index (κ2) is 2.87. The Labute approximate surface area is 71.2 Å². The molecule has 1 aromatic heterocycles. The van der Waals surface area contributed by atoms with Crippen molar-refractivity contribution in [3.05, 3.63) is 22.3 Å². The summed E-state index contributed by atoms with van der Waals surface area (Å²) in [7, 11) is 0. The van der Waals surface area contributed by atoms with Crippen LogP contribution in [0.3, 0.4) is 0 Å². The Morgan fingerprint density at radius 3 is 2.82 bits per heavy atom. The number of carboxylic acids is 1. The van der Waals surface area contributed by atoms with Crippen LogP contribution in [0.1, 0.15) is 10.4 Å². The zero-order chi connectivity index (χ0) is 8.43. The number of pyridine rings is 1. The number of nitrogen functional groups attached to an aromatic ring is 1. The van der Waals surface area contributed by atoms with Crippen LogP contribution in [-0.4, -0.2) is 11.0 Å². The van der Waals surface area contributed by atoms with Crippen LogP contribution in [0, 0.1) is 0 Å². The van der Waals surface area contributed by atoms with E-state index in [2.05, 4.69) is 20.9 Å². The van der Waals surface area contributed by atoms with Crippen molar-refractivity contribution in [1.82, 2.24) is 4.98 Å². The van der Waals surface area contributed by atoms with Gasteiger partial charge in [0.1, 0.15) is 5.82 Å². The molecule has 0 aliphatic heterocycles. The molecule has 0 aliphatic carbocycles. The summed E-state index contributed by atoms with van der Waals surface area (Å²) in [5.41, 5.74) is 5.32. The summed E-state index contributed by atoms with van der Waals surface area (Å²) < 4.78 is 0.458. The maximum atomic E-state index is 10.3. The van der Waals surface area contributed by atoms with Crippen molar-refractivity contribution >= 4 is 27.7 Å². The van der Waals surface area contributed by atoms with Crippen molar-refractivity contribution in [2.45, 2.75) is 0 Å². The maximum Gasteiger partial charge on any atom is 0.137 e. The molecule has 0 aliphatic rings. The highest BCUT2D eigenvalue weighted by Crippen LogP contribution is 2.16. The summed E-state index contributed by atoms with van der Waals surface area (Å²) in [6.07, 6.45) is 1.15. The Morgan fingerprint density at radius 1 is 1.73 bits per heavy atom. The van der Waals surface area contributed by atoms with Gasteiger partial charge in [-0.2, -0.15) is 0 Å². The second-order valence-electron chi connectivity index (χ2n) is 1.88. The average molecular weight is 216 g/mol. The van der Waals surface area contributed by atoms with E-state index < -0.39 is 5.97 Å². The van der Waals surface area contributed by atoms with Gasteiger partial charge in [-0.3, -0.25) is 0 Å². The first-order valence-corrected chi connectivity index (χ1v) is 3.53. The summed E-state index contributed by atoms with van der Waals surface area (Å²) >= 11 is 3.04. The van der Waals surface area contributed by atoms with Crippen molar-refractivity contribution in [3.8, 4) is 0 Å². The summed E-state index contributed by atoms with van der Waals surface area (Å²) in [5.74, 6) is -1.01. The number of nitrogens with zero attached hydrogens (tertiary/aromatic N) is 1. The van der Waals surface area contributed by atoms with E-state index in [9.17, 15) is 9.90 Å². The number of rotatable bonds is 1. The van der Waals surface area contributed by atoms with Gasteiger partial charge < -0.3 is 15.6 Å². The molecule has 0 radical (unpaired) electrons. The summed E-state index contributed by atoms with van der Waals surface area (Å²) in [6.45, 7) is 0. The molecule has 0 aromatic carbocycles. The molecule has 58 valence electrons. The standard InChI is InChI=1S/C6H5BrN2O2/c7-4-1-3(6(10)11)2-9-5(4)8/h1-2H,(H2,8,9)(H,10,11)/p-1. The molecule has 0 unspecified atom stereocenters. The third kappa shape index (κ3) is 1.68. The van der Waals surface area contributed by atoms with Gasteiger partial charge in [0.05, 0.1) is 10.4 Å². The fourth-order valence-electron chi connectivity index (χ4n) is 0.560. The number of carbonyl (C=O) groups is 1. The molecule has 0 amide bonds. The molecule has 5 heteroatoms. The quantitative estimate of drug-likeness (QED) is 0.704. The lowest BCUT2D eigenvalue weighted by atomic mass is 10.3. The fourth-order valence-corrected chi connectivity index (χ4v) is 0.909. The number of anilines is 1. The Bertz CT molecular complexity index is 301. The lowest BCUT2D eigenvalue weighted by Gasteiger charge is -2.02. The number of aromatic carboxylic acids is 1. The first kappa shape index (κ1) is 8.00. The highest BCUT2D eigenvalue weighted by molar-refractivity contribution is 9.10. The van der Waals surface area contributed by atoms with Crippen LogP contribution in [0.25, 0.3) is 0 Å². The van der Waals surface area contributed by atoms with Crippen LogP contribution in [-0.2, 0) is 0 Å². The summed E-state index contributed by atoms with van der Waals surface area (Å²) in [6, 6.07) is 1.34. The Morgan fingerprint density at radius 2 is 2.36 bits per heavy atom. The molecule has 1 heterocycles. The molecule has 0 bridgehead atoms. The zero-order valence-corrected chi connectivity index (χ0v) is 6.96. The maximum absolute atomic E-state index is 10.3. The topological polar surface area (TPSA) is 79.0 Å². The van der Waals surface area contributed by atoms with Crippen molar-refractivity contribution in [2.75, 3.05) is 5.73 Å². The minimum absolute atomic E-state index is 0.00563. The molecule has 11 heavy (non-hydrogen) atoms. The normalized spacial score (nSPS) is 9.55. The predicted octanol–water partition coefficient (Wildman–Crippen LogP) is -0.210. The monoisotopic (exact) mass is 215 g/mol. The average Bonchev–Trinajstić information content (AvgIpc) is 1.94. The number of hydrogen-bond acceptors (Lipinski definition) is 4. The zero-order valence-electron chi connectivity index (χ0n) is 5.37. The summed E-state index contributed by atoms with van der Waals surface area (Å²) in [5, 5.41) is 10.3. The highest BCUT2D eigenvalue weighted by Gasteiger charge is 1.98. The fraction of sp³-hybridized carbons (Fsp3) is 0. The number of carbonyl (C=O) groups excluding carboxylic acids is 1. The number of aromatic nitrogens is 1. The Balaban J connectivity index is 3.15. The number of halogens is 1. The first-order valence-electron chi connectivity index (χ1n) is 2.73. The smallest absolute Gasteiger partial charge is 0.137 e. The van der Waals surface area contributed by atoms with Gasteiger partial charge in [0.25, 0.3) is 0 Å². The van der Waals surface area contributed by atoms with E-state index in [0.29, 0.717) is 4.47 Å². The lowest BCUT2D eigenvalue weighted by Crippen LogP contribution is -2.22. The van der Waals surface area contributed by atoms with Gasteiger partial charge in [0.2, 0.25) is 0 Å². The van der Waals surface area contributed by atoms with Gasteiger partial charge in [-0.05, 0) is 22.0 Å². The SMILES string of the molecule is Nc1ncc(C(=O)[O-])cc1Br. The molecular weight excluding hydrogens is 212 g/mol. The van der Waals surface area contributed by atoms with Gasteiger partial charge in [-0.15, -0.1) is 0 Å². The Kier molecular flexibility index (Phi) is 2.09. The van der Waals surface area contributed by atoms with Crippen LogP contribution in [0.4, 0.5) is 5.82 Å². The van der Waals surface area contributed by atoms with Crippen molar-refractivity contribution in [3.63, 3.8) is 0 Å². The van der Waals surface area contributed by atoms with E-state index in [1.807, 2.05) is 0 Å². The number of carboxylic acid groups (broad SMARTS) is 1. The highest BCUT2D eigenvalue weighted by atomic mass is 79.9. The van der Waals surface area contributed by atoms with Crippen molar-refractivity contribution in [1.29, 1.82) is 0 Å². The van der Waals surface area contributed by atoms with Crippen LogP contribution < -0.4 is 10.8 Å². The molecule has 0 saturated carbocycles. The van der Waals surface area contributed by atoms with Crippen LogP contribution in [0.2, 0.25) is 0 Å². The van der Waals surface area contributed by atoms with E-state index in [1.54, 1.807) is 0 Å². The molecule has 0 atom stereocenters. The summed E-state index contributed by atoms with van der Waals surface area (Å²) in [4.78, 5) is 13.9. The number of nitrogens with two attached hydrogens (primary N) is 1. The third-order valence-electron chi connectivity index (χ3n) is 1.11. The minimum Gasteiger partial charge on any atom is -0.545 e. The van der Waals surface area contributed by atoms with Gasteiger partial charge in [0, 0.05) is 11.8 Å². The van der Waals surface area contributed by atoms with Gasteiger partial charge in [-0.1, -0.05) is 0 Å². The first-order chi connectivity index (χ1) is 5.11. The van der Waals surface area contributed by atoms with E-state index in [4.69, 9.17) is 5.73 Å². The van der Waals surface area contributed by atoms with Crippen molar-refractivity contribution in [2.24, 2.45) is 0 Å². The lowest BCUT2D eigenvalue weighted by molar-refractivity contribution is -0.255. The van der Waals surface area contributed by atoms with E-state index >= 15 is 0 Å². The van der Waals surface area contributed by atoms with E-state index in [0.717, 1.165) is 6.20 Å². The van der Waals surface area contributed by atoms with Gasteiger partial charge >= 0.3 is 0 Å². The molecule has 0 spiro atoms. The van der Waals surface area contributed by atoms with E-state index in [1.165, 1.54) is 6.07 Å². The third-order valence-corrected chi connectivity index (χ3v) is 1.74. The molecule has 0 saturated heterocycles. The second-order valence-corrected chi connectivity index (χ2v) is 2.73. The van der Waals surface area contributed by atoms with Crippen molar-refractivity contribution < 1.29 is 9.90 Å². The van der Waals surface area contributed by atoms with E-state index in [-0.39, 0.29) is 11.4 Å². The number of hydrogen-bond donors (Lipinski definition) is 1. The Hall–Kier alpha value is -1.10. The van der Waals surface area contributed by atoms with Crippen LogP contribution >= 0.6 is 15.9 Å².